The van der Waals surface area contributed by atoms with E-state index in [-0.39, 0.29) is 5.56 Å². The summed E-state index contributed by atoms with van der Waals surface area (Å²) >= 11 is 0. The van der Waals surface area contributed by atoms with Crippen molar-refractivity contribution in [2.45, 2.75) is 24.4 Å². The van der Waals surface area contributed by atoms with Crippen LogP contribution in [0.2, 0.25) is 0 Å². The highest BCUT2D eigenvalue weighted by Crippen LogP contribution is 2.33. The van der Waals surface area contributed by atoms with Crippen LogP contribution in [0.4, 0.5) is 11.5 Å². The Hall–Kier alpha value is -2.01. The Bertz CT molecular complexity index is 587. The highest BCUT2D eigenvalue weighted by atomic mass is 16.6. The van der Waals surface area contributed by atoms with E-state index in [0.29, 0.717) is 0 Å². The number of pyridine rings is 1. The summed E-state index contributed by atoms with van der Waals surface area (Å²) in [6.07, 6.45) is -5.26. The van der Waals surface area contributed by atoms with E-state index in [1.165, 1.54) is 0 Å². The van der Waals surface area contributed by atoms with Gasteiger partial charge in [-0.2, -0.15) is 0 Å². The van der Waals surface area contributed by atoms with Crippen molar-refractivity contribution in [2.24, 2.45) is 0 Å². The summed E-state index contributed by atoms with van der Waals surface area (Å²) in [4.78, 5) is 23.8. The normalized spacial score (nSPS) is 29.6. The first-order chi connectivity index (χ1) is 9.36. The zero-order valence-corrected chi connectivity index (χ0v) is 10.1. The molecule has 110 valence electrons. The Kier molecular flexibility index (Phi) is 3.72. The maximum Gasteiger partial charge on any atom is 0.309 e. The number of H-pyrrole nitrogens is 1. The van der Waals surface area contributed by atoms with Gasteiger partial charge in [0.15, 0.2) is 5.82 Å². The first-order valence-corrected chi connectivity index (χ1v) is 5.66. The fraction of sp³-hybridized carbons (Fsp3) is 0.500. The number of aromatic amines is 1. The fourth-order valence-electron chi connectivity index (χ4n) is 2.07. The van der Waals surface area contributed by atoms with Crippen molar-refractivity contribution >= 4 is 11.5 Å². The highest BCUT2D eigenvalue weighted by molar-refractivity contribution is 5.53. The molecular weight excluding hydrogens is 274 g/mol. The minimum absolute atomic E-state index is 0.242. The molecule has 0 spiro atoms. The highest BCUT2D eigenvalue weighted by Gasteiger charge is 2.44. The van der Waals surface area contributed by atoms with Crippen molar-refractivity contribution < 1.29 is 25.0 Å². The minimum atomic E-state index is -1.49. The number of ether oxygens (including phenoxy) is 1. The number of aromatic nitrogens is 1. The molecule has 0 aliphatic carbocycles. The molecule has 1 aliphatic rings. The molecule has 2 rings (SSSR count). The number of nitrogen functional groups attached to an aromatic ring is 1. The van der Waals surface area contributed by atoms with Gasteiger partial charge in [0, 0.05) is 6.07 Å². The molecule has 10 heteroatoms. The molecule has 2 heterocycles. The quantitative estimate of drug-likeness (QED) is 0.314. The van der Waals surface area contributed by atoms with Gasteiger partial charge in [-0.25, -0.2) is 0 Å². The van der Waals surface area contributed by atoms with Crippen LogP contribution in [0.25, 0.3) is 0 Å². The molecule has 1 aromatic heterocycles. The van der Waals surface area contributed by atoms with E-state index in [1.807, 2.05) is 0 Å². The van der Waals surface area contributed by atoms with Gasteiger partial charge in [0.2, 0.25) is 0 Å². The summed E-state index contributed by atoms with van der Waals surface area (Å²) in [7, 11) is 0. The molecule has 6 N–H and O–H groups in total. The molecular formula is C10H13N3O7. The van der Waals surface area contributed by atoms with Crippen LogP contribution < -0.4 is 11.3 Å². The van der Waals surface area contributed by atoms with Crippen LogP contribution in [0, 0.1) is 10.1 Å². The van der Waals surface area contributed by atoms with Crippen LogP contribution in [-0.2, 0) is 4.74 Å². The van der Waals surface area contributed by atoms with E-state index in [1.54, 1.807) is 0 Å². The second-order valence-corrected chi connectivity index (χ2v) is 4.37. The van der Waals surface area contributed by atoms with E-state index < -0.39 is 53.0 Å². The van der Waals surface area contributed by atoms with Gasteiger partial charge in [0.05, 0.1) is 17.1 Å². The van der Waals surface area contributed by atoms with Crippen molar-refractivity contribution in [1.82, 2.24) is 4.98 Å². The van der Waals surface area contributed by atoms with Crippen molar-refractivity contribution in [3.05, 3.63) is 32.1 Å². The van der Waals surface area contributed by atoms with Gasteiger partial charge in [-0.05, 0) is 0 Å². The predicted octanol–water partition coefficient (Wildman–Crippen LogP) is -1.98. The van der Waals surface area contributed by atoms with Crippen molar-refractivity contribution in [1.29, 1.82) is 0 Å². The first-order valence-electron chi connectivity index (χ1n) is 5.66. The van der Waals surface area contributed by atoms with Gasteiger partial charge in [-0.3, -0.25) is 14.9 Å². The number of aliphatic hydroxyl groups excluding tert-OH is 3. The summed E-state index contributed by atoms with van der Waals surface area (Å²) in [6.45, 7) is -0.566. The SMILES string of the molecule is Nc1[nH]c(=O)c(C2O[C@H](CO)[C@@H](O)[C@H]2O)cc1[N+](=O)[O-]. The molecule has 0 saturated carbocycles. The third-order valence-corrected chi connectivity index (χ3v) is 3.12. The molecule has 1 fully saturated rings. The Morgan fingerprint density at radius 3 is 2.60 bits per heavy atom. The third-order valence-electron chi connectivity index (χ3n) is 3.12. The van der Waals surface area contributed by atoms with Crippen LogP contribution in [0.3, 0.4) is 0 Å². The summed E-state index contributed by atoms with van der Waals surface area (Å²) in [5, 5.41) is 39.1. The number of nitrogens with zero attached hydrogens (tertiary/aromatic N) is 1. The molecule has 0 bridgehead atoms. The molecule has 0 aromatic carbocycles. The van der Waals surface area contributed by atoms with Crippen LogP contribution in [0.1, 0.15) is 11.7 Å². The molecule has 4 atom stereocenters. The van der Waals surface area contributed by atoms with Gasteiger partial charge < -0.3 is 30.8 Å². The van der Waals surface area contributed by atoms with E-state index >= 15 is 0 Å². The second kappa shape index (κ2) is 5.17. The summed E-state index contributed by atoms with van der Waals surface area (Å²) in [5.41, 5.74) is 3.75. The van der Waals surface area contributed by atoms with Gasteiger partial charge >= 0.3 is 5.69 Å². The lowest BCUT2D eigenvalue weighted by atomic mass is 10.0. The topological polar surface area (TPSA) is 172 Å². The lowest BCUT2D eigenvalue weighted by Crippen LogP contribution is -2.33. The monoisotopic (exact) mass is 287 g/mol. The third kappa shape index (κ3) is 2.25. The van der Waals surface area contributed by atoms with Gasteiger partial charge in [-0.1, -0.05) is 0 Å². The average molecular weight is 287 g/mol. The molecule has 1 unspecified atom stereocenters. The average Bonchev–Trinajstić information content (AvgIpc) is 2.66. The lowest BCUT2D eigenvalue weighted by molar-refractivity contribution is -0.384. The summed E-state index contributed by atoms with van der Waals surface area (Å²) in [5.74, 6) is -0.421. The van der Waals surface area contributed by atoms with Crippen LogP contribution in [-0.4, -0.2) is 50.1 Å². The number of aliphatic hydroxyl groups is 3. The Morgan fingerprint density at radius 1 is 1.45 bits per heavy atom. The predicted molar refractivity (Wildman–Crippen MR) is 64.8 cm³/mol. The largest absolute Gasteiger partial charge is 0.394 e. The first kappa shape index (κ1) is 14.4. The molecule has 1 saturated heterocycles. The smallest absolute Gasteiger partial charge is 0.309 e. The lowest BCUT2D eigenvalue weighted by Gasteiger charge is -2.14. The second-order valence-electron chi connectivity index (χ2n) is 4.37. The number of nitrogens with two attached hydrogens (primary N) is 1. The Morgan fingerprint density at radius 2 is 2.10 bits per heavy atom. The molecule has 1 aliphatic heterocycles. The Labute approximate surface area is 111 Å². The standard InChI is InChI=1S/C10H13N3O7/c11-9-4(13(18)19)1-3(10(17)12-9)8-7(16)6(15)5(2-14)20-8/h1,5-8,14-16H,2H2,(H3,11,12,17)/t5-,6-,7-,8?/m1/s1. The number of hydrogen-bond acceptors (Lipinski definition) is 8. The van der Waals surface area contributed by atoms with E-state index in [4.69, 9.17) is 15.6 Å². The van der Waals surface area contributed by atoms with Gasteiger partial charge in [0.25, 0.3) is 5.56 Å². The summed E-state index contributed by atoms with van der Waals surface area (Å²) < 4.78 is 5.14. The fourth-order valence-corrected chi connectivity index (χ4v) is 2.07. The van der Waals surface area contributed by atoms with E-state index in [2.05, 4.69) is 4.98 Å². The van der Waals surface area contributed by atoms with E-state index in [9.17, 15) is 25.1 Å². The minimum Gasteiger partial charge on any atom is -0.394 e. The molecule has 20 heavy (non-hydrogen) atoms. The van der Waals surface area contributed by atoms with Crippen molar-refractivity contribution in [3.63, 3.8) is 0 Å². The zero-order chi connectivity index (χ0) is 15.0. The summed E-state index contributed by atoms with van der Waals surface area (Å²) in [6, 6.07) is 0.883. The maximum absolute atomic E-state index is 11.8. The van der Waals surface area contributed by atoms with Crippen LogP contribution in [0.15, 0.2) is 10.9 Å². The Balaban J connectivity index is 2.46. The number of anilines is 1. The number of nitro groups is 1. The van der Waals surface area contributed by atoms with Crippen LogP contribution >= 0.6 is 0 Å². The molecule has 0 radical (unpaired) electrons. The zero-order valence-electron chi connectivity index (χ0n) is 10.1. The number of rotatable bonds is 3. The number of nitrogens with one attached hydrogen (secondary N) is 1. The molecule has 10 nitrogen and oxygen atoms in total. The van der Waals surface area contributed by atoms with Gasteiger partial charge in [-0.15, -0.1) is 0 Å². The molecule has 1 aromatic rings. The van der Waals surface area contributed by atoms with E-state index in [0.717, 1.165) is 6.07 Å². The maximum atomic E-state index is 11.8. The molecule has 0 amide bonds. The van der Waals surface area contributed by atoms with Crippen LogP contribution in [0.5, 0.6) is 0 Å². The number of hydrogen-bond donors (Lipinski definition) is 5. The van der Waals surface area contributed by atoms with Gasteiger partial charge in [0.1, 0.15) is 24.4 Å². The van der Waals surface area contributed by atoms with Crippen molar-refractivity contribution in [3.8, 4) is 0 Å². The van der Waals surface area contributed by atoms with Crippen molar-refractivity contribution in [2.75, 3.05) is 12.3 Å².